The van der Waals surface area contributed by atoms with E-state index in [0.29, 0.717) is 5.21 Å². The van der Waals surface area contributed by atoms with Crippen molar-refractivity contribution in [3.05, 3.63) is 151 Å². The number of carbonyl (C=O) groups excluding carboxylic acids is 1. The van der Waals surface area contributed by atoms with Gasteiger partial charge in [-0.15, -0.1) is 0 Å². The second kappa shape index (κ2) is 9.28. The van der Waals surface area contributed by atoms with E-state index in [-0.39, 0.29) is 5.78 Å². The Balaban J connectivity index is 1.43. The molecule has 0 N–H and O–H groups in total. The van der Waals surface area contributed by atoms with Gasteiger partial charge in [-0.2, -0.15) is 0 Å². The van der Waals surface area contributed by atoms with Crippen molar-refractivity contribution in [3.8, 4) is 0 Å². The fourth-order valence-corrected chi connectivity index (χ4v) is 14.6. The summed E-state index contributed by atoms with van der Waals surface area (Å²) in [5.74, 6) is 0.208. The van der Waals surface area contributed by atoms with Crippen molar-refractivity contribution in [3.63, 3.8) is 0 Å². The van der Waals surface area contributed by atoms with Crippen molar-refractivity contribution < 1.29 is 4.79 Å². The third-order valence-electron chi connectivity index (χ3n) is 7.76. The molecular weight excluding hydrogens is 523 g/mol. The van der Waals surface area contributed by atoms with Crippen LogP contribution in [-0.4, -0.2) is 19.3 Å². The van der Waals surface area contributed by atoms with E-state index < -0.39 is 13.6 Å². The summed E-state index contributed by atoms with van der Waals surface area (Å²) < 4.78 is 3.86. The summed E-state index contributed by atoms with van der Waals surface area (Å²) in [5.41, 5.74) is 0.796. The van der Waals surface area contributed by atoms with Gasteiger partial charge in [-0.1, -0.05) is 0 Å². The summed E-state index contributed by atoms with van der Waals surface area (Å²) in [6.45, 7) is 0. The van der Waals surface area contributed by atoms with Crippen LogP contribution in [-0.2, 0) is 0 Å². The Morgan fingerprint density at radius 3 is 1.29 bits per heavy atom. The van der Waals surface area contributed by atoms with E-state index in [9.17, 15) is 4.79 Å². The van der Waals surface area contributed by atoms with Crippen LogP contribution in [0.5, 0.6) is 0 Å². The van der Waals surface area contributed by atoms with E-state index in [2.05, 4.69) is 146 Å². The fraction of sp³-hybridized carbons (Fsp3) is 0.0278. The predicted molar refractivity (Wildman–Crippen MR) is 163 cm³/mol. The molecule has 0 saturated heterocycles. The molecular formula is C36H26AsO+. The zero-order chi connectivity index (χ0) is 25.5. The van der Waals surface area contributed by atoms with Crippen LogP contribution in [0, 0.1) is 0 Å². The van der Waals surface area contributed by atoms with Gasteiger partial charge < -0.3 is 0 Å². The SMILES string of the molecule is O=C(C[As+](c1ccccc1)(c1ccccc1)c1ccccc1)c1cc2ccc3cccc4ccc(c1)c2c34. The molecule has 38 heavy (non-hydrogen) atoms. The van der Waals surface area contributed by atoms with Crippen LogP contribution in [0.3, 0.4) is 0 Å². The first-order valence-electron chi connectivity index (χ1n) is 13.0. The van der Waals surface area contributed by atoms with Crippen molar-refractivity contribution in [2.45, 2.75) is 5.21 Å². The second-order valence-corrected chi connectivity index (χ2v) is 17.2. The van der Waals surface area contributed by atoms with E-state index in [4.69, 9.17) is 0 Å². The summed E-state index contributed by atoms with van der Waals surface area (Å²) in [6.07, 6.45) is 0. The number of benzene rings is 7. The van der Waals surface area contributed by atoms with Crippen LogP contribution in [0.4, 0.5) is 0 Å². The average Bonchev–Trinajstić information content (AvgIpc) is 3.00. The molecule has 7 aromatic rings. The fourth-order valence-electron chi connectivity index (χ4n) is 5.99. The van der Waals surface area contributed by atoms with Gasteiger partial charge in [-0.25, -0.2) is 0 Å². The number of hydrogen-bond donors (Lipinski definition) is 0. The van der Waals surface area contributed by atoms with Crippen molar-refractivity contribution in [2.75, 3.05) is 0 Å². The molecule has 0 radical (unpaired) electrons. The van der Waals surface area contributed by atoms with Gasteiger partial charge in [0.25, 0.3) is 0 Å². The molecule has 0 atom stereocenters. The second-order valence-electron chi connectivity index (χ2n) is 9.91. The van der Waals surface area contributed by atoms with E-state index in [1.807, 2.05) is 0 Å². The third kappa shape index (κ3) is 3.66. The minimum absolute atomic E-state index is 0.208. The van der Waals surface area contributed by atoms with Crippen LogP contribution in [0.25, 0.3) is 32.3 Å². The Hall–Kier alpha value is -4.19. The molecule has 0 aromatic heterocycles. The zero-order valence-corrected chi connectivity index (χ0v) is 22.8. The number of Topliss-reactive ketones (excluding diaryl/α,β-unsaturated/α-hetero) is 1. The Labute approximate surface area is 225 Å². The van der Waals surface area contributed by atoms with Gasteiger partial charge in [0, 0.05) is 0 Å². The molecule has 0 fully saturated rings. The van der Waals surface area contributed by atoms with Crippen LogP contribution in [0.2, 0.25) is 5.21 Å². The Bertz CT molecular complexity index is 1730. The molecule has 180 valence electrons. The quantitative estimate of drug-likeness (QED) is 0.125. The molecule has 7 rings (SSSR count). The number of rotatable bonds is 6. The van der Waals surface area contributed by atoms with Gasteiger partial charge in [-0.05, 0) is 0 Å². The Morgan fingerprint density at radius 1 is 0.447 bits per heavy atom. The molecule has 7 aromatic carbocycles. The molecule has 2 heteroatoms. The predicted octanol–water partition coefficient (Wildman–Crippen LogP) is 6.94. The van der Waals surface area contributed by atoms with Gasteiger partial charge in [0.2, 0.25) is 0 Å². The minimum atomic E-state index is -3.15. The summed E-state index contributed by atoms with van der Waals surface area (Å²) in [4.78, 5) is 14.4. The topological polar surface area (TPSA) is 17.1 Å². The molecule has 1 nitrogen and oxygen atoms in total. The first kappa shape index (κ1) is 23.0. The summed E-state index contributed by atoms with van der Waals surface area (Å²) >= 11 is -3.15. The molecule has 0 bridgehead atoms. The zero-order valence-electron chi connectivity index (χ0n) is 20.9. The standard InChI is InChI=1S/C36H26AsO/c38-34(30-23-28-21-19-26-11-10-12-27-20-22-29(24-30)36(28)35(26)27)25-37(31-13-4-1-5-14-31,32-15-6-2-7-16-32)33-17-8-3-9-18-33/h1-24H,25H2/q+1. The Morgan fingerprint density at radius 2 is 0.842 bits per heavy atom. The van der Waals surface area contributed by atoms with Gasteiger partial charge >= 0.3 is 226 Å². The van der Waals surface area contributed by atoms with Gasteiger partial charge in [-0.3, -0.25) is 0 Å². The molecule has 0 saturated carbocycles. The first-order valence-corrected chi connectivity index (χ1v) is 17.1. The van der Waals surface area contributed by atoms with Crippen molar-refractivity contribution in [2.24, 2.45) is 0 Å². The molecule has 0 aliphatic carbocycles. The number of hydrogen-bond acceptors (Lipinski definition) is 1. The number of carbonyl (C=O) groups is 1. The first-order chi connectivity index (χ1) is 18.7. The van der Waals surface area contributed by atoms with Crippen molar-refractivity contribution in [1.82, 2.24) is 0 Å². The van der Waals surface area contributed by atoms with E-state index in [0.717, 1.165) is 16.3 Å². The van der Waals surface area contributed by atoms with E-state index >= 15 is 0 Å². The maximum absolute atomic E-state index is 14.4. The van der Waals surface area contributed by atoms with E-state index in [1.54, 1.807) is 0 Å². The van der Waals surface area contributed by atoms with Gasteiger partial charge in [0.15, 0.2) is 0 Å². The van der Waals surface area contributed by atoms with Gasteiger partial charge in [0.05, 0.1) is 0 Å². The molecule has 0 aliphatic heterocycles. The molecule has 0 spiro atoms. The van der Waals surface area contributed by atoms with Crippen molar-refractivity contribution in [1.29, 1.82) is 0 Å². The van der Waals surface area contributed by atoms with Crippen LogP contribution in [0.1, 0.15) is 10.4 Å². The molecule has 0 aliphatic rings. The normalized spacial score (nSPS) is 11.9. The Kier molecular flexibility index (Phi) is 5.61. The summed E-state index contributed by atoms with van der Waals surface area (Å²) in [6, 6.07) is 51.5. The molecule has 0 amide bonds. The molecule has 0 heterocycles. The summed E-state index contributed by atoms with van der Waals surface area (Å²) in [5, 5.41) is 7.78. The van der Waals surface area contributed by atoms with Gasteiger partial charge in [0.1, 0.15) is 0 Å². The van der Waals surface area contributed by atoms with Crippen LogP contribution < -0.4 is 13.1 Å². The monoisotopic (exact) mass is 549 g/mol. The third-order valence-corrected chi connectivity index (χ3v) is 16.8. The number of ketones is 1. The molecule has 0 unspecified atom stereocenters. The maximum atomic E-state index is 14.4. The summed E-state index contributed by atoms with van der Waals surface area (Å²) in [7, 11) is 0. The van der Waals surface area contributed by atoms with Crippen LogP contribution in [0.15, 0.2) is 146 Å². The van der Waals surface area contributed by atoms with Crippen LogP contribution >= 0.6 is 0 Å². The van der Waals surface area contributed by atoms with Crippen molar-refractivity contribution >= 4 is 64.7 Å². The average molecular weight is 550 g/mol. The van der Waals surface area contributed by atoms with E-state index in [1.165, 1.54) is 34.6 Å².